The fourth-order valence-corrected chi connectivity index (χ4v) is 3.13. The van der Waals surface area contributed by atoms with Gasteiger partial charge in [-0.1, -0.05) is 20.8 Å². The molecule has 1 saturated heterocycles. The zero-order chi connectivity index (χ0) is 9.53. The maximum absolute atomic E-state index is 3.53. The van der Waals surface area contributed by atoms with Gasteiger partial charge in [0.05, 0.1) is 0 Å². The minimum absolute atomic E-state index is 0.534. The van der Waals surface area contributed by atoms with E-state index in [4.69, 9.17) is 0 Å². The van der Waals surface area contributed by atoms with E-state index in [1.54, 1.807) is 0 Å². The SMILES string of the molecule is CC(C)(C)C1CC[C@@]2(CCNC2)C1. The van der Waals surface area contributed by atoms with Gasteiger partial charge in [-0.2, -0.15) is 0 Å². The van der Waals surface area contributed by atoms with Gasteiger partial charge in [0, 0.05) is 6.54 Å². The zero-order valence-corrected chi connectivity index (χ0v) is 9.32. The topological polar surface area (TPSA) is 12.0 Å². The summed E-state index contributed by atoms with van der Waals surface area (Å²) in [6, 6.07) is 0. The van der Waals surface area contributed by atoms with Crippen molar-refractivity contribution in [2.24, 2.45) is 16.7 Å². The van der Waals surface area contributed by atoms with Crippen molar-refractivity contribution in [3.8, 4) is 0 Å². The molecule has 0 amide bonds. The van der Waals surface area contributed by atoms with Crippen LogP contribution in [0.4, 0.5) is 0 Å². The first-order valence-corrected chi connectivity index (χ1v) is 5.73. The third kappa shape index (κ3) is 1.76. The van der Waals surface area contributed by atoms with E-state index in [2.05, 4.69) is 26.1 Å². The lowest BCUT2D eigenvalue weighted by atomic mass is 9.76. The van der Waals surface area contributed by atoms with Crippen LogP contribution in [-0.4, -0.2) is 13.1 Å². The van der Waals surface area contributed by atoms with E-state index in [0.717, 1.165) is 5.92 Å². The average Bonchev–Trinajstić information content (AvgIpc) is 2.60. The molecule has 2 fully saturated rings. The Morgan fingerprint density at radius 2 is 2.00 bits per heavy atom. The highest BCUT2D eigenvalue weighted by Crippen LogP contribution is 2.51. The van der Waals surface area contributed by atoms with Crippen molar-refractivity contribution < 1.29 is 0 Å². The number of nitrogens with one attached hydrogen (secondary N) is 1. The second kappa shape index (κ2) is 2.98. The van der Waals surface area contributed by atoms with Crippen molar-refractivity contribution in [1.29, 1.82) is 0 Å². The third-order valence-corrected chi connectivity index (χ3v) is 4.26. The van der Waals surface area contributed by atoms with Gasteiger partial charge in [0.15, 0.2) is 0 Å². The molecule has 0 aromatic heterocycles. The molecule has 0 bridgehead atoms. The average molecular weight is 181 g/mol. The molecule has 1 aliphatic heterocycles. The van der Waals surface area contributed by atoms with Crippen LogP contribution in [-0.2, 0) is 0 Å². The van der Waals surface area contributed by atoms with Crippen molar-refractivity contribution >= 4 is 0 Å². The minimum atomic E-state index is 0.534. The molecule has 1 heterocycles. The van der Waals surface area contributed by atoms with E-state index in [0.29, 0.717) is 10.8 Å². The van der Waals surface area contributed by atoms with Gasteiger partial charge in [-0.3, -0.25) is 0 Å². The molecule has 1 heteroatoms. The molecule has 2 rings (SSSR count). The maximum atomic E-state index is 3.53. The fourth-order valence-electron chi connectivity index (χ4n) is 3.13. The standard InChI is InChI=1S/C12H23N/c1-11(2,3)10-4-5-12(8-10)6-7-13-9-12/h10,13H,4-9H2,1-3H3/t10?,12-/m1/s1. The van der Waals surface area contributed by atoms with E-state index >= 15 is 0 Å². The van der Waals surface area contributed by atoms with Gasteiger partial charge in [-0.25, -0.2) is 0 Å². The Kier molecular flexibility index (Phi) is 2.18. The molecule has 0 radical (unpaired) electrons. The van der Waals surface area contributed by atoms with Gasteiger partial charge < -0.3 is 5.32 Å². The van der Waals surface area contributed by atoms with Crippen LogP contribution in [0.5, 0.6) is 0 Å². The molecule has 2 atom stereocenters. The van der Waals surface area contributed by atoms with Crippen LogP contribution in [0.25, 0.3) is 0 Å². The largest absolute Gasteiger partial charge is 0.316 e. The summed E-state index contributed by atoms with van der Waals surface area (Å²) in [5.41, 5.74) is 1.24. The van der Waals surface area contributed by atoms with Crippen LogP contribution >= 0.6 is 0 Å². The zero-order valence-electron chi connectivity index (χ0n) is 9.32. The van der Waals surface area contributed by atoms with Gasteiger partial charge in [0.2, 0.25) is 0 Å². The van der Waals surface area contributed by atoms with Gasteiger partial charge in [-0.15, -0.1) is 0 Å². The molecular formula is C12H23N. The predicted octanol–water partition coefficient (Wildman–Crippen LogP) is 2.81. The molecule has 13 heavy (non-hydrogen) atoms. The predicted molar refractivity (Wildman–Crippen MR) is 56.7 cm³/mol. The second-order valence-electron chi connectivity index (χ2n) is 6.23. The highest BCUT2D eigenvalue weighted by Gasteiger charge is 2.44. The summed E-state index contributed by atoms with van der Waals surface area (Å²) in [6.45, 7) is 9.76. The molecule has 1 nitrogen and oxygen atoms in total. The Balaban J connectivity index is 2.01. The summed E-state index contributed by atoms with van der Waals surface area (Å²) in [5.74, 6) is 0.965. The summed E-state index contributed by atoms with van der Waals surface area (Å²) in [4.78, 5) is 0. The molecule has 1 saturated carbocycles. The van der Waals surface area contributed by atoms with Crippen LogP contribution < -0.4 is 5.32 Å². The Morgan fingerprint density at radius 3 is 2.46 bits per heavy atom. The highest BCUT2D eigenvalue weighted by atomic mass is 14.9. The van der Waals surface area contributed by atoms with Gasteiger partial charge in [0.1, 0.15) is 0 Å². The van der Waals surface area contributed by atoms with Crippen LogP contribution in [0.2, 0.25) is 0 Å². The lowest BCUT2D eigenvalue weighted by Crippen LogP contribution is -2.23. The minimum Gasteiger partial charge on any atom is -0.316 e. The molecule has 1 spiro atoms. The second-order valence-corrected chi connectivity index (χ2v) is 6.23. The summed E-state index contributed by atoms with van der Waals surface area (Å²) >= 11 is 0. The first kappa shape index (κ1) is 9.51. The maximum Gasteiger partial charge on any atom is 0.000839 e. The Labute approximate surface area is 82.3 Å². The monoisotopic (exact) mass is 181 g/mol. The van der Waals surface area contributed by atoms with Crippen molar-refractivity contribution in [2.75, 3.05) is 13.1 Å². The van der Waals surface area contributed by atoms with E-state index in [1.165, 1.54) is 38.8 Å². The normalized spacial score (nSPS) is 40.4. The van der Waals surface area contributed by atoms with Gasteiger partial charge in [-0.05, 0) is 49.0 Å². The Bertz CT molecular complexity index is 184. The molecule has 1 unspecified atom stereocenters. The lowest BCUT2D eigenvalue weighted by Gasteiger charge is -2.29. The van der Waals surface area contributed by atoms with Gasteiger partial charge >= 0.3 is 0 Å². The lowest BCUT2D eigenvalue weighted by molar-refractivity contribution is 0.216. The molecular weight excluding hydrogens is 158 g/mol. The van der Waals surface area contributed by atoms with E-state index in [-0.39, 0.29) is 0 Å². The fraction of sp³-hybridized carbons (Fsp3) is 1.00. The van der Waals surface area contributed by atoms with Crippen LogP contribution in [0.3, 0.4) is 0 Å². The Morgan fingerprint density at radius 1 is 1.23 bits per heavy atom. The van der Waals surface area contributed by atoms with Crippen molar-refractivity contribution in [3.63, 3.8) is 0 Å². The molecule has 76 valence electrons. The third-order valence-electron chi connectivity index (χ3n) is 4.26. The molecule has 2 aliphatic rings. The number of rotatable bonds is 0. The molecule has 0 aromatic carbocycles. The first-order chi connectivity index (χ1) is 6.02. The quantitative estimate of drug-likeness (QED) is 0.606. The smallest absolute Gasteiger partial charge is 0.000839 e. The van der Waals surface area contributed by atoms with Crippen molar-refractivity contribution in [3.05, 3.63) is 0 Å². The van der Waals surface area contributed by atoms with E-state index in [1.807, 2.05) is 0 Å². The van der Waals surface area contributed by atoms with Gasteiger partial charge in [0.25, 0.3) is 0 Å². The van der Waals surface area contributed by atoms with Crippen molar-refractivity contribution in [1.82, 2.24) is 5.32 Å². The number of hydrogen-bond donors (Lipinski definition) is 1. The summed E-state index contributed by atoms with van der Waals surface area (Å²) in [7, 11) is 0. The first-order valence-electron chi connectivity index (χ1n) is 5.73. The van der Waals surface area contributed by atoms with Crippen LogP contribution in [0, 0.1) is 16.7 Å². The van der Waals surface area contributed by atoms with Crippen LogP contribution in [0.1, 0.15) is 46.5 Å². The van der Waals surface area contributed by atoms with Crippen molar-refractivity contribution in [2.45, 2.75) is 46.5 Å². The van der Waals surface area contributed by atoms with Crippen LogP contribution in [0.15, 0.2) is 0 Å². The number of hydrogen-bond acceptors (Lipinski definition) is 1. The molecule has 0 aromatic rings. The summed E-state index contributed by atoms with van der Waals surface area (Å²) in [5, 5.41) is 3.53. The van der Waals surface area contributed by atoms with E-state index in [9.17, 15) is 0 Å². The highest BCUT2D eigenvalue weighted by molar-refractivity contribution is 4.97. The molecule has 1 N–H and O–H groups in total. The van der Waals surface area contributed by atoms with E-state index < -0.39 is 0 Å². The molecule has 1 aliphatic carbocycles. The Hall–Kier alpha value is -0.0400. The summed E-state index contributed by atoms with van der Waals surface area (Å²) in [6.07, 6.45) is 5.84. The summed E-state index contributed by atoms with van der Waals surface area (Å²) < 4.78 is 0.